The van der Waals surface area contributed by atoms with Gasteiger partial charge in [-0.1, -0.05) is 47.7 Å². The van der Waals surface area contributed by atoms with E-state index in [1.54, 1.807) is 30.3 Å². The third-order valence-corrected chi connectivity index (χ3v) is 6.59. The average Bonchev–Trinajstić information content (AvgIpc) is 3.07. The fourth-order valence-corrected chi connectivity index (χ4v) is 4.94. The predicted octanol–water partition coefficient (Wildman–Crippen LogP) is 5.08. The van der Waals surface area contributed by atoms with Crippen molar-refractivity contribution >= 4 is 37.3 Å². The summed E-state index contributed by atoms with van der Waals surface area (Å²) in [5, 5.41) is 0. The Kier molecular flexibility index (Phi) is 4.91. The Morgan fingerprint density at radius 2 is 1.67 bits per heavy atom. The molecule has 0 aliphatic rings. The van der Waals surface area contributed by atoms with E-state index in [1.807, 2.05) is 0 Å². The first-order valence-corrected chi connectivity index (χ1v) is 10.9. The monoisotopic (exact) mass is 450 g/mol. The zero-order valence-corrected chi connectivity index (χ0v) is 16.7. The lowest BCUT2D eigenvalue weighted by Gasteiger charge is -2.16. The van der Waals surface area contributed by atoms with Crippen LogP contribution >= 0.6 is 11.3 Å². The second-order valence-corrected chi connectivity index (χ2v) is 9.10. The molecule has 10 heteroatoms. The van der Waals surface area contributed by atoms with Gasteiger partial charge in [0, 0.05) is 5.69 Å². The zero-order chi connectivity index (χ0) is 21.5. The first-order chi connectivity index (χ1) is 14.1. The number of hydrogen-bond acceptors (Lipinski definition) is 4. The van der Waals surface area contributed by atoms with Gasteiger partial charge in [-0.15, -0.1) is 0 Å². The van der Waals surface area contributed by atoms with Crippen molar-refractivity contribution in [3.05, 3.63) is 82.0 Å². The molecule has 1 aromatic heterocycles. The SMILES string of the molecule is O=c1[nH]c2ccc(S(=O)(=O)Nc3ccc(-c4ccccc4)c(C(F)(F)F)c3)cc2s1. The van der Waals surface area contributed by atoms with Crippen molar-refractivity contribution in [3.63, 3.8) is 0 Å². The molecule has 0 unspecified atom stereocenters. The van der Waals surface area contributed by atoms with Crippen LogP contribution in [0.3, 0.4) is 0 Å². The van der Waals surface area contributed by atoms with Crippen molar-refractivity contribution in [2.75, 3.05) is 4.72 Å². The summed E-state index contributed by atoms with van der Waals surface area (Å²) in [5.74, 6) is 0. The lowest BCUT2D eigenvalue weighted by atomic mass is 9.99. The molecule has 0 saturated carbocycles. The van der Waals surface area contributed by atoms with Crippen LogP contribution in [0.1, 0.15) is 5.56 Å². The van der Waals surface area contributed by atoms with Crippen LogP contribution in [0.4, 0.5) is 18.9 Å². The molecule has 0 radical (unpaired) electrons. The van der Waals surface area contributed by atoms with Crippen LogP contribution in [0.2, 0.25) is 0 Å². The summed E-state index contributed by atoms with van der Waals surface area (Å²) in [6.07, 6.45) is -4.68. The van der Waals surface area contributed by atoms with Crippen LogP contribution in [0.25, 0.3) is 21.3 Å². The quantitative estimate of drug-likeness (QED) is 0.455. The number of thiazole rings is 1. The van der Waals surface area contributed by atoms with Crippen LogP contribution in [-0.2, 0) is 16.2 Å². The van der Waals surface area contributed by atoms with Gasteiger partial charge < -0.3 is 4.98 Å². The molecule has 0 aliphatic heterocycles. The number of halogens is 3. The molecule has 5 nitrogen and oxygen atoms in total. The molecule has 4 aromatic rings. The predicted molar refractivity (Wildman–Crippen MR) is 110 cm³/mol. The Morgan fingerprint density at radius 3 is 2.37 bits per heavy atom. The van der Waals surface area contributed by atoms with Crippen LogP contribution in [-0.4, -0.2) is 13.4 Å². The van der Waals surface area contributed by atoms with Gasteiger partial charge in [0.2, 0.25) is 0 Å². The van der Waals surface area contributed by atoms with E-state index in [1.165, 1.54) is 30.3 Å². The number of H-pyrrole nitrogens is 1. The number of aromatic nitrogens is 1. The molecule has 0 bridgehead atoms. The van der Waals surface area contributed by atoms with Gasteiger partial charge in [-0.3, -0.25) is 9.52 Å². The van der Waals surface area contributed by atoms with E-state index in [-0.39, 0.29) is 21.0 Å². The van der Waals surface area contributed by atoms with Gasteiger partial charge in [-0.2, -0.15) is 13.2 Å². The molecule has 0 fully saturated rings. The standard InChI is InChI=1S/C20H13F3N2O3S2/c21-20(22,23)16-10-13(6-8-15(16)12-4-2-1-3-5-12)25-30(27,28)14-7-9-17-18(11-14)29-19(26)24-17/h1-11,25H,(H,24,26). The summed E-state index contributed by atoms with van der Waals surface area (Å²) in [4.78, 5) is 13.5. The number of sulfonamides is 1. The highest BCUT2D eigenvalue weighted by Crippen LogP contribution is 2.39. The molecule has 30 heavy (non-hydrogen) atoms. The highest BCUT2D eigenvalue weighted by atomic mass is 32.2. The third kappa shape index (κ3) is 3.96. The molecule has 0 saturated heterocycles. The second-order valence-electron chi connectivity index (χ2n) is 6.40. The summed E-state index contributed by atoms with van der Waals surface area (Å²) in [6.45, 7) is 0. The molecule has 1 heterocycles. The Balaban J connectivity index is 1.74. The van der Waals surface area contributed by atoms with Gasteiger partial charge in [0.05, 0.1) is 20.7 Å². The molecule has 0 atom stereocenters. The number of rotatable bonds is 4. The zero-order valence-electron chi connectivity index (χ0n) is 15.0. The molecule has 3 aromatic carbocycles. The van der Waals surface area contributed by atoms with Gasteiger partial charge in [0.25, 0.3) is 10.0 Å². The van der Waals surface area contributed by atoms with Gasteiger partial charge in [0.1, 0.15) is 0 Å². The maximum atomic E-state index is 13.6. The maximum Gasteiger partial charge on any atom is 0.417 e. The number of anilines is 1. The fourth-order valence-electron chi connectivity index (χ4n) is 3.02. The molecule has 4 rings (SSSR count). The molecule has 0 spiro atoms. The molecular weight excluding hydrogens is 437 g/mol. The van der Waals surface area contributed by atoms with Gasteiger partial charge in [-0.05, 0) is 41.5 Å². The van der Waals surface area contributed by atoms with Crippen LogP contribution < -0.4 is 9.60 Å². The number of aromatic amines is 1. The number of alkyl halides is 3. The highest BCUT2D eigenvalue weighted by molar-refractivity contribution is 7.92. The molecular formula is C20H13F3N2O3S2. The smallest absolute Gasteiger partial charge is 0.312 e. The summed E-state index contributed by atoms with van der Waals surface area (Å²) in [6, 6.07) is 15.3. The Morgan fingerprint density at radius 1 is 0.933 bits per heavy atom. The Labute approximate surface area is 172 Å². The van der Waals surface area contributed by atoms with E-state index in [4.69, 9.17) is 0 Å². The summed E-state index contributed by atoms with van der Waals surface area (Å²) in [5.41, 5.74) is -0.371. The van der Waals surface area contributed by atoms with E-state index < -0.39 is 21.8 Å². The van der Waals surface area contributed by atoms with E-state index in [2.05, 4.69) is 9.71 Å². The van der Waals surface area contributed by atoms with E-state index in [9.17, 15) is 26.4 Å². The minimum atomic E-state index is -4.68. The third-order valence-electron chi connectivity index (χ3n) is 4.36. The Bertz CT molecular complexity index is 1390. The van der Waals surface area contributed by atoms with Crippen molar-refractivity contribution in [2.45, 2.75) is 11.1 Å². The normalized spacial score (nSPS) is 12.2. The minimum absolute atomic E-state index is 0.0513. The fraction of sp³-hybridized carbons (Fsp3) is 0.0500. The first kappa shape index (κ1) is 20.2. The van der Waals surface area contributed by atoms with Crippen molar-refractivity contribution in [1.29, 1.82) is 0 Å². The molecule has 154 valence electrons. The maximum absolute atomic E-state index is 13.6. The molecule has 0 aliphatic carbocycles. The first-order valence-electron chi connectivity index (χ1n) is 8.56. The lowest BCUT2D eigenvalue weighted by molar-refractivity contribution is -0.137. The lowest BCUT2D eigenvalue weighted by Crippen LogP contribution is -2.14. The van der Waals surface area contributed by atoms with Crippen molar-refractivity contribution in [2.24, 2.45) is 0 Å². The number of hydrogen-bond donors (Lipinski definition) is 2. The van der Waals surface area contributed by atoms with Crippen molar-refractivity contribution in [1.82, 2.24) is 4.98 Å². The van der Waals surface area contributed by atoms with Gasteiger partial charge in [0.15, 0.2) is 0 Å². The summed E-state index contributed by atoms with van der Waals surface area (Å²) in [7, 11) is -4.16. The van der Waals surface area contributed by atoms with Crippen LogP contribution in [0.5, 0.6) is 0 Å². The van der Waals surface area contributed by atoms with Gasteiger partial charge >= 0.3 is 11.0 Å². The van der Waals surface area contributed by atoms with Gasteiger partial charge in [-0.25, -0.2) is 8.42 Å². The van der Waals surface area contributed by atoms with E-state index in [0.717, 1.165) is 17.4 Å². The Hall–Kier alpha value is -3.11. The second kappa shape index (κ2) is 7.29. The highest BCUT2D eigenvalue weighted by Gasteiger charge is 2.34. The minimum Gasteiger partial charge on any atom is -0.312 e. The summed E-state index contributed by atoms with van der Waals surface area (Å²) < 4.78 is 68.9. The van der Waals surface area contributed by atoms with E-state index >= 15 is 0 Å². The van der Waals surface area contributed by atoms with Crippen molar-refractivity contribution < 1.29 is 21.6 Å². The average molecular weight is 450 g/mol. The molecule has 0 amide bonds. The number of benzene rings is 3. The largest absolute Gasteiger partial charge is 0.417 e. The molecule has 2 N–H and O–H groups in total. The summed E-state index contributed by atoms with van der Waals surface area (Å²) >= 11 is 0.842. The van der Waals surface area contributed by atoms with Crippen molar-refractivity contribution in [3.8, 4) is 11.1 Å². The van der Waals surface area contributed by atoms with E-state index in [0.29, 0.717) is 15.8 Å². The number of fused-ring (bicyclic) bond motifs is 1. The number of nitrogens with one attached hydrogen (secondary N) is 2. The van der Waals surface area contributed by atoms with Crippen LogP contribution in [0.15, 0.2) is 76.4 Å². The topological polar surface area (TPSA) is 79.0 Å². The van der Waals surface area contributed by atoms with Crippen LogP contribution in [0, 0.1) is 0 Å².